The van der Waals surface area contributed by atoms with E-state index in [1.165, 1.54) is 7.11 Å². The van der Waals surface area contributed by atoms with Crippen LogP contribution in [0.4, 0.5) is 0 Å². The minimum atomic E-state index is 0.0488. The molecule has 0 saturated carbocycles. The SMILES string of the molecule is COc1ccc(/C(N)=N/O)c(C)n1. The van der Waals surface area contributed by atoms with E-state index in [1.54, 1.807) is 19.1 Å². The molecule has 0 radical (unpaired) electrons. The molecule has 1 heterocycles. The molecule has 0 saturated heterocycles. The van der Waals surface area contributed by atoms with Crippen molar-refractivity contribution in [1.82, 2.24) is 4.98 Å². The Morgan fingerprint density at radius 2 is 2.31 bits per heavy atom. The van der Waals surface area contributed by atoms with Gasteiger partial charge in [-0.3, -0.25) is 0 Å². The van der Waals surface area contributed by atoms with Gasteiger partial charge in [0, 0.05) is 11.6 Å². The van der Waals surface area contributed by atoms with Gasteiger partial charge in [0.05, 0.1) is 12.8 Å². The second-order valence-corrected chi connectivity index (χ2v) is 2.47. The van der Waals surface area contributed by atoms with Gasteiger partial charge in [0.25, 0.3) is 0 Å². The summed E-state index contributed by atoms with van der Waals surface area (Å²) in [5.41, 5.74) is 6.67. The summed E-state index contributed by atoms with van der Waals surface area (Å²) >= 11 is 0. The maximum Gasteiger partial charge on any atom is 0.213 e. The quantitative estimate of drug-likeness (QED) is 0.301. The fourth-order valence-electron chi connectivity index (χ4n) is 0.976. The molecule has 0 atom stereocenters. The van der Waals surface area contributed by atoms with E-state index in [0.29, 0.717) is 17.1 Å². The molecule has 0 unspecified atom stereocenters. The number of oxime groups is 1. The van der Waals surface area contributed by atoms with Crippen LogP contribution in [0.25, 0.3) is 0 Å². The molecule has 5 heteroatoms. The minimum absolute atomic E-state index is 0.0488. The number of aromatic nitrogens is 1. The number of hydrogen-bond donors (Lipinski definition) is 2. The Morgan fingerprint density at radius 1 is 1.62 bits per heavy atom. The topological polar surface area (TPSA) is 80.7 Å². The zero-order valence-electron chi connectivity index (χ0n) is 7.48. The van der Waals surface area contributed by atoms with Gasteiger partial charge in [0.2, 0.25) is 5.88 Å². The smallest absolute Gasteiger partial charge is 0.213 e. The Kier molecular flexibility index (Phi) is 2.69. The first-order valence-corrected chi connectivity index (χ1v) is 3.68. The molecule has 0 aliphatic heterocycles. The van der Waals surface area contributed by atoms with Crippen LogP contribution in [0.1, 0.15) is 11.3 Å². The number of aryl methyl sites for hydroxylation is 1. The van der Waals surface area contributed by atoms with Crippen LogP contribution in [0.15, 0.2) is 17.3 Å². The van der Waals surface area contributed by atoms with E-state index < -0.39 is 0 Å². The van der Waals surface area contributed by atoms with Gasteiger partial charge < -0.3 is 15.7 Å². The number of pyridine rings is 1. The number of nitrogens with two attached hydrogens (primary N) is 1. The molecule has 0 aromatic carbocycles. The molecule has 1 rings (SSSR count). The summed E-state index contributed by atoms with van der Waals surface area (Å²) < 4.78 is 4.91. The minimum Gasteiger partial charge on any atom is -0.481 e. The average Bonchev–Trinajstić information content (AvgIpc) is 2.16. The molecule has 0 aliphatic carbocycles. The molecule has 0 spiro atoms. The first-order valence-electron chi connectivity index (χ1n) is 3.68. The van der Waals surface area contributed by atoms with Gasteiger partial charge in [-0.15, -0.1) is 0 Å². The van der Waals surface area contributed by atoms with Gasteiger partial charge in [-0.1, -0.05) is 5.16 Å². The van der Waals surface area contributed by atoms with Gasteiger partial charge in [0.15, 0.2) is 5.84 Å². The van der Waals surface area contributed by atoms with Gasteiger partial charge >= 0.3 is 0 Å². The highest BCUT2D eigenvalue weighted by Gasteiger charge is 2.05. The Hall–Kier alpha value is -1.78. The molecule has 1 aromatic heterocycles. The van der Waals surface area contributed by atoms with Crippen LogP contribution >= 0.6 is 0 Å². The van der Waals surface area contributed by atoms with Crippen molar-refractivity contribution >= 4 is 5.84 Å². The molecule has 0 amide bonds. The van der Waals surface area contributed by atoms with Crippen molar-refractivity contribution in [2.45, 2.75) is 6.92 Å². The van der Waals surface area contributed by atoms with Crippen molar-refractivity contribution in [3.63, 3.8) is 0 Å². The first-order chi connectivity index (χ1) is 6.19. The highest BCUT2D eigenvalue weighted by molar-refractivity contribution is 5.97. The lowest BCUT2D eigenvalue weighted by Crippen LogP contribution is -2.15. The molecular formula is C8H11N3O2. The van der Waals surface area contributed by atoms with Crippen molar-refractivity contribution in [3.8, 4) is 5.88 Å². The predicted octanol–water partition coefficient (Wildman–Crippen LogP) is 0.493. The molecule has 70 valence electrons. The van der Waals surface area contributed by atoms with Crippen molar-refractivity contribution in [2.24, 2.45) is 10.9 Å². The van der Waals surface area contributed by atoms with E-state index in [4.69, 9.17) is 15.7 Å². The van der Waals surface area contributed by atoms with Crippen LogP contribution in [-0.4, -0.2) is 23.1 Å². The first kappa shape index (κ1) is 9.31. The van der Waals surface area contributed by atoms with Gasteiger partial charge in [-0.25, -0.2) is 4.98 Å². The Labute approximate surface area is 75.8 Å². The van der Waals surface area contributed by atoms with Gasteiger partial charge in [-0.05, 0) is 13.0 Å². The lowest BCUT2D eigenvalue weighted by molar-refractivity contribution is 0.318. The maximum atomic E-state index is 8.44. The number of hydrogen-bond acceptors (Lipinski definition) is 4. The highest BCUT2D eigenvalue weighted by Crippen LogP contribution is 2.11. The fraction of sp³-hybridized carbons (Fsp3) is 0.250. The summed E-state index contributed by atoms with van der Waals surface area (Å²) in [6.45, 7) is 1.76. The number of rotatable bonds is 2. The third-order valence-electron chi connectivity index (χ3n) is 1.65. The lowest BCUT2D eigenvalue weighted by Gasteiger charge is -2.04. The van der Waals surface area contributed by atoms with Crippen LogP contribution in [0.5, 0.6) is 5.88 Å². The van der Waals surface area contributed by atoms with Gasteiger partial charge in [-0.2, -0.15) is 0 Å². The predicted molar refractivity (Wildman–Crippen MR) is 48.0 cm³/mol. The third-order valence-corrected chi connectivity index (χ3v) is 1.65. The third kappa shape index (κ3) is 1.87. The second kappa shape index (κ2) is 3.75. The molecule has 13 heavy (non-hydrogen) atoms. The summed E-state index contributed by atoms with van der Waals surface area (Å²) in [6, 6.07) is 3.34. The van der Waals surface area contributed by atoms with Crippen molar-refractivity contribution in [1.29, 1.82) is 0 Å². The summed E-state index contributed by atoms with van der Waals surface area (Å²) in [5.74, 6) is 0.555. The van der Waals surface area contributed by atoms with E-state index in [-0.39, 0.29) is 5.84 Å². The van der Waals surface area contributed by atoms with E-state index in [9.17, 15) is 0 Å². The van der Waals surface area contributed by atoms with Crippen molar-refractivity contribution < 1.29 is 9.94 Å². The van der Waals surface area contributed by atoms with Crippen LogP contribution in [-0.2, 0) is 0 Å². The number of nitrogens with zero attached hydrogens (tertiary/aromatic N) is 2. The average molecular weight is 181 g/mol. The fourth-order valence-corrected chi connectivity index (χ4v) is 0.976. The monoisotopic (exact) mass is 181 g/mol. The molecule has 3 N–H and O–H groups in total. The summed E-state index contributed by atoms with van der Waals surface area (Å²) in [7, 11) is 1.53. The van der Waals surface area contributed by atoms with E-state index in [2.05, 4.69) is 10.1 Å². The zero-order chi connectivity index (χ0) is 9.84. The normalized spacial score (nSPS) is 11.4. The van der Waals surface area contributed by atoms with Gasteiger partial charge in [0.1, 0.15) is 0 Å². The summed E-state index contributed by atoms with van der Waals surface area (Å²) in [5, 5.41) is 11.3. The van der Waals surface area contributed by atoms with Crippen LogP contribution < -0.4 is 10.5 Å². The Morgan fingerprint density at radius 3 is 2.77 bits per heavy atom. The zero-order valence-corrected chi connectivity index (χ0v) is 7.48. The molecule has 0 aliphatic rings. The summed E-state index contributed by atoms with van der Waals surface area (Å²) in [4.78, 5) is 4.07. The molecule has 0 bridgehead atoms. The highest BCUT2D eigenvalue weighted by atomic mass is 16.5. The lowest BCUT2D eigenvalue weighted by atomic mass is 10.2. The van der Waals surface area contributed by atoms with Crippen LogP contribution in [0.3, 0.4) is 0 Å². The largest absolute Gasteiger partial charge is 0.481 e. The number of amidine groups is 1. The number of methoxy groups -OCH3 is 1. The molecule has 1 aromatic rings. The Bertz CT molecular complexity index is 336. The Balaban J connectivity index is 3.12. The van der Waals surface area contributed by atoms with E-state index >= 15 is 0 Å². The number of ether oxygens (including phenoxy) is 1. The molecular weight excluding hydrogens is 170 g/mol. The molecule has 0 fully saturated rings. The summed E-state index contributed by atoms with van der Waals surface area (Å²) in [6.07, 6.45) is 0. The van der Waals surface area contributed by atoms with E-state index in [1.807, 2.05) is 0 Å². The van der Waals surface area contributed by atoms with Crippen LogP contribution in [0, 0.1) is 6.92 Å². The standard InChI is InChI=1S/C8H11N3O2/c1-5-6(8(9)11-12)3-4-7(10-5)13-2/h3-4,12H,1-2H3,(H2,9,11). The second-order valence-electron chi connectivity index (χ2n) is 2.47. The molecule has 5 nitrogen and oxygen atoms in total. The van der Waals surface area contributed by atoms with Crippen molar-refractivity contribution in [2.75, 3.05) is 7.11 Å². The van der Waals surface area contributed by atoms with Crippen molar-refractivity contribution in [3.05, 3.63) is 23.4 Å². The maximum absolute atomic E-state index is 8.44. The van der Waals surface area contributed by atoms with Crippen LogP contribution in [0.2, 0.25) is 0 Å². The van der Waals surface area contributed by atoms with E-state index in [0.717, 1.165) is 0 Å².